The number of carbonyl (C=O) groups excluding carboxylic acids is 3. The van der Waals surface area contributed by atoms with Gasteiger partial charge in [0.05, 0.1) is 5.75 Å². The van der Waals surface area contributed by atoms with Crippen LogP contribution in [0.3, 0.4) is 0 Å². The number of carbonyl (C=O) groups is 3. The van der Waals surface area contributed by atoms with E-state index in [4.69, 9.17) is 5.73 Å². The van der Waals surface area contributed by atoms with E-state index >= 15 is 0 Å². The molecule has 9 nitrogen and oxygen atoms in total. The molecule has 1 aliphatic heterocycles. The molecular weight excluding hydrogens is 356 g/mol. The summed E-state index contributed by atoms with van der Waals surface area (Å²) >= 11 is 1.19. The van der Waals surface area contributed by atoms with Gasteiger partial charge < -0.3 is 11.1 Å². The molecule has 2 heterocycles. The molecule has 0 spiro atoms. The van der Waals surface area contributed by atoms with Crippen LogP contribution in [0.25, 0.3) is 5.69 Å². The molecule has 1 aromatic carbocycles. The number of nitrogens with two attached hydrogens (primary N) is 1. The number of imide groups is 1. The molecule has 0 radical (unpaired) electrons. The second kappa shape index (κ2) is 7.56. The quantitative estimate of drug-likeness (QED) is 0.623. The Morgan fingerprint density at radius 3 is 2.88 bits per heavy atom. The number of aromatic nitrogens is 3. The Kier molecular flexibility index (Phi) is 5.21. The van der Waals surface area contributed by atoms with Gasteiger partial charge in [0.25, 0.3) is 0 Å². The van der Waals surface area contributed by atoms with Crippen LogP contribution < -0.4 is 16.4 Å². The first-order valence-electron chi connectivity index (χ1n) is 7.95. The van der Waals surface area contributed by atoms with E-state index in [1.807, 2.05) is 35.8 Å². The Morgan fingerprint density at radius 1 is 1.38 bits per heavy atom. The number of primary amides is 1. The van der Waals surface area contributed by atoms with Crippen molar-refractivity contribution in [3.05, 3.63) is 35.7 Å². The lowest BCUT2D eigenvalue weighted by Gasteiger charge is -2.23. The van der Waals surface area contributed by atoms with Crippen molar-refractivity contribution in [2.24, 2.45) is 5.73 Å². The number of amides is 4. The van der Waals surface area contributed by atoms with Gasteiger partial charge in [-0.25, -0.2) is 4.79 Å². The normalized spacial score (nSPS) is 16.9. The number of nitrogens with one attached hydrogen (secondary N) is 2. The van der Waals surface area contributed by atoms with Crippen molar-refractivity contribution >= 4 is 29.6 Å². The maximum Gasteiger partial charge on any atom is 0.321 e. The highest BCUT2D eigenvalue weighted by Gasteiger charge is 2.26. The molecule has 1 unspecified atom stereocenters. The minimum Gasteiger partial charge on any atom is -0.369 e. The number of hydrogen-bond acceptors (Lipinski definition) is 6. The third kappa shape index (κ3) is 4.20. The van der Waals surface area contributed by atoms with Gasteiger partial charge in [0.1, 0.15) is 5.82 Å². The van der Waals surface area contributed by atoms with Crippen molar-refractivity contribution in [1.82, 2.24) is 25.4 Å². The Bertz CT molecular complexity index is 849. The molecule has 0 bridgehead atoms. The predicted octanol–water partition coefficient (Wildman–Crippen LogP) is 0.294. The van der Waals surface area contributed by atoms with E-state index in [1.165, 1.54) is 11.8 Å². The minimum absolute atomic E-state index is 0.0759. The van der Waals surface area contributed by atoms with Crippen LogP contribution in [0.4, 0.5) is 4.79 Å². The Morgan fingerprint density at radius 2 is 2.19 bits per heavy atom. The summed E-state index contributed by atoms with van der Waals surface area (Å²) in [5.74, 6) is -0.121. The number of nitrogens with zero attached hydrogens (tertiary/aromatic N) is 3. The van der Waals surface area contributed by atoms with Crippen molar-refractivity contribution in [3.63, 3.8) is 0 Å². The fourth-order valence-corrected chi connectivity index (χ4v) is 3.42. The maximum absolute atomic E-state index is 11.6. The van der Waals surface area contributed by atoms with Crippen LogP contribution in [-0.4, -0.2) is 44.4 Å². The van der Waals surface area contributed by atoms with Crippen LogP contribution in [0.1, 0.15) is 17.8 Å². The van der Waals surface area contributed by atoms with E-state index < -0.39 is 11.9 Å². The van der Waals surface area contributed by atoms with E-state index in [2.05, 4.69) is 20.8 Å². The zero-order valence-electron chi connectivity index (χ0n) is 14.1. The number of thioether (sulfide) groups is 1. The summed E-state index contributed by atoms with van der Waals surface area (Å²) in [6, 6.07) is 6.85. The van der Waals surface area contributed by atoms with Gasteiger partial charge in [-0.1, -0.05) is 23.9 Å². The third-order valence-corrected chi connectivity index (χ3v) is 4.70. The molecule has 0 aliphatic carbocycles. The second-order valence-electron chi connectivity index (χ2n) is 5.96. The zero-order valence-corrected chi connectivity index (χ0v) is 14.9. The van der Waals surface area contributed by atoms with Crippen LogP contribution in [0.2, 0.25) is 0 Å². The Labute approximate surface area is 153 Å². The zero-order chi connectivity index (χ0) is 18.7. The van der Waals surface area contributed by atoms with Crippen LogP contribution in [0, 0.1) is 6.92 Å². The predicted molar refractivity (Wildman–Crippen MR) is 94.8 cm³/mol. The molecule has 1 aliphatic rings. The molecule has 0 saturated carbocycles. The molecule has 26 heavy (non-hydrogen) atoms. The fourth-order valence-electron chi connectivity index (χ4n) is 2.71. The first-order valence-corrected chi connectivity index (χ1v) is 8.93. The summed E-state index contributed by atoms with van der Waals surface area (Å²) in [4.78, 5) is 34.2. The number of urea groups is 1. The summed E-state index contributed by atoms with van der Waals surface area (Å²) in [7, 11) is 0. The molecule has 1 aromatic heterocycles. The minimum atomic E-state index is -0.517. The summed E-state index contributed by atoms with van der Waals surface area (Å²) < 4.78 is 1.82. The Hall–Kier alpha value is -2.88. The fraction of sp³-hybridized carbons (Fsp3) is 0.312. The van der Waals surface area contributed by atoms with Crippen molar-refractivity contribution in [2.75, 3.05) is 5.75 Å². The second-order valence-corrected chi connectivity index (χ2v) is 6.90. The van der Waals surface area contributed by atoms with Crippen molar-refractivity contribution in [2.45, 2.75) is 31.0 Å². The van der Waals surface area contributed by atoms with Crippen molar-refractivity contribution in [3.8, 4) is 5.69 Å². The lowest BCUT2D eigenvalue weighted by molar-refractivity contribution is -0.121. The van der Waals surface area contributed by atoms with E-state index in [9.17, 15) is 14.4 Å². The molecule has 10 heteroatoms. The van der Waals surface area contributed by atoms with E-state index in [0.717, 1.165) is 11.3 Å². The number of benzene rings is 1. The topological polar surface area (TPSA) is 132 Å². The first-order chi connectivity index (χ1) is 12.4. The maximum atomic E-state index is 11.6. The number of aryl methyl sites for hydroxylation is 1. The molecule has 2 aromatic rings. The highest BCUT2D eigenvalue weighted by atomic mass is 32.2. The molecule has 4 amide bonds. The molecule has 1 saturated heterocycles. The monoisotopic (exact) mass is 374 g/mol. The first kappa shape index (κ1) is 17.9. The summed E-state index contributed by atoms with van der Waals surface area (Å²) in [5.41, 5.74) is 7.12. The van der Waals surface area contributed by atoms with Gasteiger partial charge in [0.15, 0.2) is 5.16 Å². The summed E-state index contributed by atoms with van der Waals surface area (Å²) in [5, 5.41) is 13.8. The smallest absolute Gasteiger partial charge is 0.321 e. The average Bonchev–Trinajstić information content (AvgIpc) is 2.94. The van der Waals surface area contributed by atoms with Crippen LogP contribution in [-0.2, 0) is 16.0 Å². The molecule has 1 fully saturated rings. The summed E-state index contributed by atoms with van der Waals surface area (Å²) in [6.45, 7) is 1.97. The van der Waals surface area contributed by atoms with Crippen LogP contribution >= 0.6 is 11.8 Å². The summed E-state index contributed by atoms with van der Waals surface area (Å²) in [6.07, 6.45) is 0.493. The van der Waals surface area contributed by atoms with Gasteiger partial charge in [-0.2, -0.15) is 0 Å². The van der Waals surface area contributed by atoms with Crippen molar-refractivity contribution < 1.29 is 14.4 Å². The number of hydrogen-bond donors (Lipinski definition) is 3. The Balaban J connectivity index is 1.92. The van der Waals surface area contributed by atoms with E-state index in [1.54, 1.807) is 0 Å². The molecule has 1 atom stereocenters. The standard InChI is InChI=1S/C16H18N6O3S/c1-9-3-2-4-11(5-9)22-13(20-21-16(22)26-8-12(17)23)6-10-7-14(24)19-15(25)18-10/h2-5,10H,6-8H2,1H3,(H2,17,23)(H2,18,19,24,25). The molecule has 136 valence electrons. The number of rotatable bonds is 6. The van der Waals surface area contributed by atoms with Gasteiger partial charge >= 0.3 is 6.03 Å². The van der Waals surface area contributed by atoms with Crippen LogP contribution in [0.5, 0.6) is 0 Å². The molecule has 3 rings (SSSR count). The van der Waals surface area contributed by atoms with Gasteiger partial charge in [0.2, 0.25) is 11.8 Å². The van der Waals surface area contributed by atoms with Crippen LogP contribution in [0.15, 0.2) is 29.4 Å². The highest BCUT2D eigenvalue weighted by molar-refractivity contribution is 7.99. The van der Waals surface area contributed by atoms with Gasteiger partial charge in [0, 0.05) is 24.6 Å². The average molecular weight is 374 g/mol. The lowest BCUT2D eigenvalue weighted by atomic mass is 10.1. The van der Waals surface area contributed by atoms with Crippen molar-refractivity contribution in [1.29, 1.82) is 0 Å². The lowest BCUT2D eigenvalue weighted by Crippen LogP contribution is -2.53. The van der Waals surface area contributed by atoms with Gasteiger partial charge in [-0.3, -0.25) is 19.5 Å². The van der Waals surface area contributed by atoms with E-state index in [-0.39, 0.29) is 24.1 Å². The van der Waals surface area contributed by atoms with Gasteiger partial charge in [-0.15, -0.1) is 10.2 Å². The molecular formula is C16H18N6O3S. The van der Waals surface area contributed by atoms with E-state index in [0.29, 0.717) is 17.4 Å². The third-order valence-electron chi connectivity index (χ3n) is 3.75. The molecule has 4 N–H and O–H groups in total. The highest BCUT2D eigenvalue weighted by Crippen LogP contribution is 2.23. The SMILES string of the molecule is Cc1cccc(-n2c(CC3CC(=O)NC(=O)N3)nnc2SCC(N)=O)c1. The largest absolute Gasteiger partial charge is 0.369 e. The van der Waals surface area contributed by atoms with Gasteiger partial charge in [-0.05, 0) is 24.6 Å².